The first-order valence-corrected chi connectivity index (χ1v) is 6.04. The lowest BCUT2D eigenvalue weighted by molar-refractivity contribution is -0.383. The standard InChI is InChI=1S/C12H19N3O4/c1-8(5-6-16)13-10-3-4-11(14-9(2)17)12(7-10)15(18)19/h3-4,7-9,13-14,16-17H,5-6H2,1-2H3. The van der Waals surface area contributed by atoms with Crippen LogP contribution in [0.5, 0.6) is 0 Å². The van der Waals surface area contributed by atoms with Crippen LogP contribution in [0.15, 0.2) is 18.2 Å². The molecule has 0 aliphatic heterocycles. The minimum absolute atomic E-state index is 0.0141. The Labute approximate surface area is 111 Å². The summed E-state index contributed by atoms with van der Waals surface area (Å²) in [6.07, 6.45) is -0.313. The first-order valence-electron chi connectivity index (χ1n) is 6.04. The van der Waals surface area contributed by atoms with E-state index in [0.29, 0.717) is 12.1 Å². The average molecular weight is 269 g/mol. The van der Waals surface area contributed by atoms with Crippen molar-refractivity contribution in [2.75, 3.05) is 17.2 Å². The average Bonchev–Trinajstić information content (AvgIpc) is 2.30. The van der Waals surface area contributed by atoms with Crippen molar-refractivity contribution in [1.82, 2.24) is 0 Å². The Morgan fingerprint density at radius 2 is 2.05 bits per heavy atom. The van der Waals surface area contributed by atoms with Crippen LogP contribution in [0.1, 0.15) is 20.3 Å². The van der Waals surface area contributed by atoms with Crippen LogP contribution in [0.4, 0.5) is 17.1 Å². The predicted octanol–water partition coefficient (Wildman–Crippen LogP) is 1.53. The van der Waals surface area contributed by atoms with Gasteiger partial charge in [0.15, 0.2) is 0 Å². The number of hydrogen-bond donors (Lipinski definition) is 4. The van der Waals surface area contributed by atoms with E-state index in [9.17, 15) is 15.2 Å². The molecule has 0 saturated heterocycles. The summed E-state index contributed by atoms with van der Waals surface area (Å²) in [5.41, 5.74) is 0.756. The minimum atomic E-state index is -0.870. The largest absolute Gasteiger partial charge is 0.396 e. The molecular weight excluding hydrogens is 250 g/mol. The number of rotatable bonds is 7. The van der Waals surface area contributed by atoms with E-state index in [1.165, 1.54) is 13.0 Å². The van der Waals surface area contributed by atoms with Crippen molar-refractivity contribution in [3.8, 4) is 0 Å². The Balaban J connectivity index is 2.92. The summed E-state index contributed by atoms with van der Waals surface area (Å²) in [4.78, 5) is 10.5. The highest BCUT2D eigenvalue weighted by molar-refractivity contribution is 5.68. The Kier molecular flexibility index (Phi) is 5.53. The van der Waals surface area contributed by atoms with E-state index in [0.717, 1.165) is 0 Å². The van der Waals surface area contributed by atoms with Crippen LogP contribution in [0.25, 0.3) is 0 Å². The lowest BCUT2D eigenvalue weighted by Crippen LogP contribution is -2.17. The second kappa shape index (κ2) is 6.91. The Hall–Kier alpha value is -1.86. The number of aliphatic hydroxyl groups excluding tert-OH is 2. The molecule has 1 rings (SSSR count). The summed E-state index contributed by atoms with van der Waals surface area (Å²) in [6, 6.07) is 4.64. The molecule has 4 N–H and O–H groups in total. The summed E-state index contributed by atoms with van der Waals surface area (Å²) in [7, 11) is 0. The van der Waals surface area contributed by atoms with Crippen LogP contribution in [0, 0.1) is 10.1 Å². The van der Waals surface area contributed by atoms with Crippen molar-refractivity contribution < 1.29 is 15.1 Å². The molecule has 0 spiro atoms. The maximum atomic E-state index is 11.0. The SMILES string of the molecule is CC(O)Nc1ccc(NC(C)CCO)cc1[N+](=O)[O-]. The van der Waals surface area contributed by atoms with Gasteiger partial charge >= 0.3 is 0 Å². The second-order valence-corrected chi connectivity index (χ2v) is 4.37. The van der Waals surface area contributed by atoms with Gasteiger partial charge in [-0.15, -0.1) is 0 Å². The third-order valence-electron chi connectivity index (χ3n) is 2.53. The van der Waals surface area contributed by atoms with Gasteiger partial charge in [-0.3, -0.25) is 10.1 Å². The number of nitrogens with one attached hydrogen (secondary N) is 2. The lowest BCUT2D eigenvalue weighted by Gasteiger charge is -2.15. The van der Waals surface area contributed by atoms with Gasteiger partial charge in [-0.25, -0.2) is 0 Å². The van der Waals surface area contributed by atoms with Crippen molar-refractivity contribution in [2.45, 2.75) is 32.5 Å². The predicted molar refractivity (Wildman–Crippen MR) is 73.2 cm³/mol. The van der Waals surface area contributed by atoms with Crippen LogP contribution in [-0.4, -0.2) is 34.0 Å². The smallest absolute Gasteiger partial charge is 0.294 e. The zero-order chi connectivity index (χ0) is 14.4. The topological polar surface area (TPSA) is 108 Å². The van der Waals surface area contributed by atoms with Crippen LogP contribution in [0.3, 0.4) is 0 Å². The normalized spacial score (nSPS) is 13.7. The zero-order valence-corrected chi connectivity index (χ0v) is 11.0. The molecule has 0 aromatic heterocycles. The number of benzene rings is 1. The molecule has 0 aliphatic carbocycles. The molecule has 7 heteroatoms. The van der Waals surface area contributed by atoms with Gasteiger partial charge in [0.1, 0.15) is 11.9 Å². The maximum Gasteiger partial charge on any atom is 0.294 e. The fraction of sp³-hybridized carbons (Fsp3) is 0.500. The van der Waals surface area contributed by atoms with E-state index >= 15 is 0 Å². The Bertz CT molecular complexity index is 437. The number of nitrogens with zero attached hydrogens (tertiary/aromatic N) is 1. The number of aliphatic hydroxyl groups is 2. The molecule has 7 nitrogen and oxygen atoms in total. The highest BCUT2D eigenvalue weighted by Crippen LogP contribution is 2.28. The fourth-order valence-electron chi connectivity index (χ4n) is 1.67. The van der Waals surface area contributed by atoms with Crippen molar-refractivity contribution in [3.05, 3.63) is 28.3 Å². The van der Waals surface area contributed by atoms with Gasteiger partial charge in [0.05, 0.1) is 4.92 Å². The van der Waals surface area contributed by atoms with Crippen LogP contribution in [-0.2, 0) is 0 Å². The monoisotopic (exact) mass is 269 g/mol. The van der Waals surface area contributed by atoms with Gasteiger partial charge in [0.25, 0.3) is 5.69 Å². The van der Waals surface area contributed by atoms with Crippen LogP contribution < -0.4 is 10.6 Å². The van der Waals surface area contributed by atoms with E-state index in [1.807, 2.05) is 6.92 Å². The fourth-order valence-corrected chi connectivity index (χ4v) is 1.67. The lowest BCUT2D eigenvalue weighted by atomic mass is 10.2. The summed E-state index contributed by atoms with van der Waals surface area (Å²) in [5, 5.41) is 34.7. The van der Waals surface area contributed by atoms with Gasteiger partial charge in [-0.05, 0) is 32.4 Å². The molecule has 0 heterocycles. The summed E-state index contributed by atoms with van der Waals surface area (Å²) >= 11 is 0. The molecular formula is C12H19N3O4. The molecule has 19 heavy (non-hydrogen) atoms. The van der Waals surface area contributed by atoms with E-state index in [1.54, 1.807) is 12.1 Å². The summed E-state index contributed by atoms with van der Waals surface area (Å²) in [5.74, 6) is 0. The number of anilines is 2. The van der Waals surface area contributed by atoms with Crippen molar-refractivity contribution >= 4 is 17.1 Å². The molecule has 2 atom stereocenters. The highest BCUT2D eigenvalue weighted by atomic mass is 16.6. The molecule has 106 valence electrons. The Morgan fingerprint density at radius 1 is 1.37 bits per heavy atom. The molecule has 0 fully saturated rings. The van der Waals surface area contributed by atoms with E-state index in [4.69, 9.17) is 5.11 Å². The molecule has 0 saturated carbocycles. The van der Waals surface area contributed by atoms with Gasteiger partial charge in [-0.2, -0.15) is 0 Å². The first-order chi connectivity index (χ1) is 8.93. The molecule has 1 aromatic rings. The first kappa shape index (κ1) is 15.2. The zero-order valence-electron chi connectivity index (χ0n) is 11.0. The van der Waals surface area contributed by atoms with Gasteiger partial charge < -0.3 is 20.8 Å². The van der Waals surface area contributed by atoms with Crippen molar-refractivity contribution in [2.24, 2.45) is 0 Å². The minimum Gasteiger partial charge on any atom is -0.396 e. The molecule has 0 bridgehead atoms. The van der Waals surface area contributed by atoms with Crippen molar-refractivity contribution in [1.29, 1.82) is 0 Å². The molecule has 2 unspecified atom stereocenters. The van der Waals surface area contributed by atoms with Crippen LogP contribution in [0.2, 0.25) is 0 Å². The van der Waals surface area contributed by atoms with Gasteiger partial charge in [-0.1, -0.05) is 0 Å². The third-order valence-corrected chi connectivity index (χ3v) is 2.53. The third kappa shape index (κ3) is 4.72. The molecule has 0 aliphatic rings. The van der Waals surface area contributed by atoms with Crippen molar-refractivity contribution in [3.63, 3.8) is 0 Å². The molecule has 0 amide bonds. The highest BCUT2D eigenvalue weighted by Gasteiger charge is 2.16. The summed E-state index contributed by atoms with van der Waals surface area (Å²) < 4.78 is 0. The summed E-state index contributed by atoms with van der Waals surface area (Å²) in [6.45, 7) is 3.42. The number of hydrogen-bond acceptors (Lipinski definition) is 6. The molecule has 1 aromatic carbocycles. The number of nitro groups is 1. The second-order valence-electron chi connectivity index (χ2n) is 4.37. The van der Waals surface area contributed by atoms with Gasteiger partial charge in [0.2, 0.25) is 0 Å². The van der Waals surface area contributed by atoms with E-state index < -0.39 is 11.2 Å². The van der Waals surface area contributed by atoms with Crippen LogP contribution >= 0.6 is 0 Å². The molecule has 0 radical (unpaired) electrons. The van der Waals surface area contributed by atoms with E-state index in [2.05, 4.69) is 10.6 Å². The quantitative estimate of drug-likeness (QED) is 0.339. The maximum absolute atomic E-state index is 11.0. The Morgan fingerprint density at radius 3 is 2.58 bits per heavy atom. The van der Waals surface area contributed by atoms with Gasteiger partial charge in [0, 0.05) is 24.4 Å². The van der Waals surface area contributed by atoms with E-state index in [-0.39, 0.29) is 24.0 Å². The number of nitro benzene ring substituents is 1.